The zero-order chi connectivity index (χ0) is 21.8. The van der Waals surface area contributed by atoms with Crippen molar-refractivity contribution in [2.75, 3.05) is 24.3 Å². The molecule has 1 aromatic heterocycles. The molecule has 4 rings (SSSR count). The number of sulfonamides is 1. The molecule has 168 valence electrons. The van der Waals surface area contributed by atoms with Crippen molar-refractivity contribution in [1.82, 2.24) is 14.7 Å². The lowest BCUT2D eigenvalue weighted by molar-refractivity contribution is 0.0157. The van der Waals surface area contributed by atoms with E-state index in [9.17, 15) is 8.42 Å². The van der Waals surface area contributed by atoms with Crippen LogP contribution in [0.25, 0.3) is 0 Å². The molecular weight excluding hydrogens is 412 g/mol. The van der Waals surface area contributed by atoms with Gasteiger partial charge in [-0.2, -0.15) is 0 Å². The maximum Gasteiger partial charge on any atom is 0.209 e. The van der Waals surface area contributed by atoms with Crippen molar-refractivity contribution in [3.8, 4) is 0 Å². The summed E-state index contributed by atoms with van der Waals surface area (Å²) in [6, 6.07) is 10.4. The molecule has 1 saturated carbocycles. The maximum atomic E-state index is 11.9. The summed E-state index contributed by atoms with van der Waals surface area (Å²) in [6.07, 6.45) is 10.1. The Hall–Kier alpha value is -2.03. The second-order valence-electron chi connectivity index (χ2n) is 8.75. The van der Waals surface area contributed by atoms with Gasteiger partial charge in [-0.15, -0.1) is 0 Å². The molecule has 0 radical (unpaired) electrons. The summed E-state index contributed by atoms with van der Waals surface area (Å²) in [5.74, 6) is 1.32. The van der Waals surface area contributed by atoms with E-state index in [-0.39, 0.29) is 18.2 Å². The van der Waals surface area contributed by atoms with Gasteiger partial charge in [0.05, 0.1) is 43.1 Å². The second-order valence-corrected chi connectivity index (χ2v) is 10.5. The largest absolute Gasteiger partial charge is 0.376 e. The number of anilines is 1. The Bertz CT molecular complexity index is 945. The molecule has 31 heavy (non-hydrogen) atoms. The SMILES string of the molecule is Cc1ncc(N2CC[C@H](NS(C)(=O)=O)[C@@H]2CO[C@H]2CC[C@@H](c3ccccc3)CC2)cn1. The van der Waals surface area contributed by atoms with Crippen molar-refractivity contribution in [3.63, 3.8) is 0 Å². The fourth-order valence-electron chi connectivity index (χ4n) is 4.85. The highest BCUT2D eigenvalue weighted by Gasteiger charge is 2.37. The van der Waals surface area contributed by atoms with Gasteiger partial charge in [0.2, 0.25) is 10.0 Å². The van der Waals surface area contributed by atoms with Crippen molar-refractivity contribution in [1.29, 1.82) is 0 Å². The topological polar surface area (TPSA) is 84.4 Å². The Morgan fingerprint density at radius 2 is 1.74 bits per heavy atom. The Labute approximate surface area is 185 Å². The number of rotatable bonds is 7. The van der Waals surface area contributed by atoms with Crippen LogP contribution in [0.4, 0.5) is 5.69 Å². The van der Waals surface area contributed by atoms with E-state index in [1.165, 1.54) is 11.8 Å². The molecule has 1 aliphatic heterocycles. The Balaban J connectivity index is 1.39. The first-order valence-corrected chi connectivity index (χ1v) is 13.0. The van der Waals surface area contributed by atoms with Crippen LogP contribution in [0.2, 0.25) is 0 Å². The van der Waals surface area contributed by atoms with E-state index in [0.29, 0.717) is 12.5 Å². The lowest BCUT2D eigenvalue weighted by Crippen LogP contribution is -2.48. The van der Waals surface area contributed by atoms with Crippen LogP contribution < -0.4 is 9.62 Å². The third-order valence-electron chi connectivity index (χ3n) is 6.46. The number of aromatic nitrogens is 2. The van der Waals surface area contributed by atoms with Crippen molar-refractivity contribution in [2.45, 2.75) is 63.1 Å². The Morgan fingerprint density at radius 3 is 2.39 bits per heavy atom. The van der Waals surface area contributed by atoms with Gasteiger partial charge in [0, 0.05) is 12.6 Å². The fourth-order valence-corrected chi connectivity index (χ4v) is 5.67. The number of nitrogens with zero attached hydrogens (tertiary/aromatic N) is 3. The van der Waals surface area contributed by atoms with Crippen LogP contribution in [0, 0.1) is 6.92 Å². The van der Waals surface area contributed by atoms with Crippen molar-refractivity contribution < 1.29 is 13.2 Å². The predicted molar refractivity (Wildman–Crippen MR) is 122 cm³/mol. The van der Waals surface area contributed by atoms with Crippen LogP contribution >= 0.6 is 0 Å². The normalized spacial score (nSPS) is 26.8. The van der Waals surface area contributed by atoms with Crippen LogP contribution in [-0.2, 0) is 14.8 Å². The summed E-state index contributed by atoms with van der Waals surface area (Å²) in [4.78, 5) is 10.8. The number of hydrogen-bond acceptors (Lipinski definition) is 6. The monoisotopic (exact) mass is 444 g/mol. The van der Waals surface area contributed by atoms with Crippen LogP contribution in [0.3, 0.4) is 0 Å². The van der Waals surface area contributed by atoms with E-state index in [2.05, 4.69) is 49.9 Å². The molecule has 8 heteroatoms. The van der Waals surface area contributed by atoms with Gasteiger partial charge in [0.1, 0.15) is 5.82 Å². The average molecular weight is 445 g/mol. The number of hydrogen-bond donors (Lipinski definition) is 1. The minimum absolute atomic E-state index is 0.0760. The van der Waals surface area contributed by atoms with Gasteiger partial charge in [-0.1, -0.05) is 30.3 Å². The summed E-state index contributed by atoms with van der Waals surface area (Å²) in [5.41, 5.74) is 2.32. The zero-order valence-electron chi connectivity index (χ0n) is 18.3. The molecule has 0 bridgehead atoms. The van der Waals surface area contributed by atoms with Crippen LogP contribution in [-0.4, -0.2) is 56.0 Å². The molecule has 1 aromatic carbocycles. The number of benzene rings is 1. The molecule has 1 saturated heterocycles. The third-order valence-corrected chi connectivity index (χ3v) is 7.19. The highest BCUT2D eigenvalue weighted by Crippen LogP contribution is 2.34. The highest BCUT2D eigenvalue weighted by atomic mass is 32.2. The van der Waals surface area contributed by atoms with Gasteiger partial charge in [-0.3, -0.25) is 0 Å². The van der Waals surface area contributed by atoms with Gasteiger partial charge in [-0.05, 0) is 50.5 Å². The third kappa shape index (κ3) is 5.81. The predicted octanol–water partition coefficient (Wildman–Crippen LogP) is 3.02. The van der Waals surface area contributed by atoms with Gasteiger partial charge in [-0.25, -0.2) is 23.1 Å². The van der Waals surface area contributed by atoms with E-state index in [0.717, 1.165) is 50.2 Å². The lowest BCUT2D eigenvalue weighted by atomic mass is 9.83. The molecule has 2 fully saturated rings. The van der Waals surface area contributed by atoms with Gasteiger partial charge in [0.25, 0.3) is 0 Å². The van der Waals surface area contributed by atoms with Crippen molar-refractivity contribution in [2.24, 2.45) is 0 Å². The molecule has 1 N–H and O–H groups in total. The minimum atomic E-state index is -3.30. The minimum Gasteiger partial charge on any atom is -0.376 e. The van der Waals surface area contributed by atoms with Crippen LogP contribution in [0.15, 0.2) is 42.7 Å². The highest BCUT2D eigenvalue weighted by molar-refractivity contribution is 7.88. The molecule has 0 amide bonds. The van der Waals surface area contributed by atoms with E-state index in [4.69, 9.17) is 4.74 Å². The zero-order valence-corrected chi connectivity index (χ0v) is 19.1. The first-order valence-electron chi connectivity index (χ1n) is 11.1. The summed E-state index contributed by atoms with van der Waals surface area (Å²) < 4.78 is 33.0. The number of ether oxygens (including phenoxy) is 1. The summed E-state index contributed by atoms with van der Waals surface area (Å²) in [5, 5.41) is 0. The Morgan fingerprint density at radius 1 is 1.06 bits per heavy atom. The van der Waals surface area contributed by atoms with Gasteiger partial charge >= 0.3 is 0 Å². The van der Waals surface area contributed by atoms with E-state index in [1.54, 1.807) is 0 Å². The molecule has 0 spiro atoms. The molecule has 2 aliphatic rings. The lowest BCUT2D eigenvalue weighted by Gasteiger charge is -2.33. The van der Waals surface area contributed by atoms with E-state index >= 15 is 0 Å². The van der Waals surface area contributed by atoms with Gasteiger partial charge in [0.15, 0.2) is 0 Å². The van der Waals surface area contributed by atoms with E-state index in [1.807, 2.05) is 19.3 Å². The number of aryl methyl sites for hydroxylation is 1. The van der Waals surface area contributed by atoms with Crippen molar-refractivity contribution in [3.05, 3.63) is 54.1 Å². The average Bonchev–Trinajstić information content (AvgIpc) is 3.14. The first-order chi connectivity index (χ1) is 14.9. The molecule has 2 aromatic rings. The maximum absolute atomic E-state index is 11.9. The van der Waals surface area contributed by atoms with Crippen LogP contribution in [0.5, 0.6) is 0 Å². The molecule has 2 atom stereocenters. The fraction of sp³-hybridized carbons (Fsp3) is 0.565. The molecule has 1 aliphatic carbocycles. The first kappa shape index (κ1) is 22.2. The second kappa shape index (κ2) is 9.63. The Kier molecular flexibility index (Phi) is 6.89. The molecule has 7 nitrogen and oxygen atoms in total. The quantitative estimate of drug-likeness (QED) is 0.707. The molecular formula is C23H32N4O3S. The molecule has 0 unspecified atom stereocenters. The van der Waals surface area contributed by atoms with Crippen LogP contribution in [0.1, 0.15) is 49.4 Å². The van der Waals surface area contributed by atoms with Crippen molar-refractivity contribution >= 4 is 15.7 Å². The standard InChI is InChI=1S/C23H32N4O3S/c1-17-24-14-20(15-25-17)27-13-12-22(26-31(2,28)29)23(27)16-30-21-10-8-19(9-11-21)18-6-4-3-5-7-18/h3-7,14-15,19,21-23,26H,8-13,16H2,1-2H3/t19-,21+,22-,23-/m0/s1. The smallest absolute Gasteiger partial charge is 0.209 e. The summed E-state index contributed by atoms with van der Waals surface area (Å²) in [6.45, 7) is 3.09. The summed E-state index contributed by atoms with van der Waals surface area (Å²) >= 11 is 0. The molecule has 2 heterocycles. The summed E-state index contributed by atoms with van der Waals surface area (Å²) in [7, 11) is -3.30. The van der Waals surface area contributed by atoms with E-state index < -0.39 is 10.0 Å². The number of nitrogens with one attached hydrogen (secondary N) is 1. The van der Waals surface area contributed by atoms with Gasteiger partial charge < -0.3 is 9.64 Å².